The Morgan fingerprint density at radius 3 is 1.92 bits per heavy atom. The average Bonchev–Trinajstić information content (AvgIpc) is 3.31. The molecule has 5 rings (SSSR count). The van der Waals surface area contributed by atoms with E-state index in [2.05, 4.69) is 4.98 Å². The van der Waals surface area contributed by atoms with Crippen LogP contribution < -0.4 is 18.9 Å². The Labute approximate surface area is 149 Å². The summed E-state index contributed by atoms with van der Waals surface area (Å²) in [4.78, 5) is 4.04. The largest absolute Gasteiger partial charge is 0.493 e. The van der Waals surface area contributed by atoms with E-state index in [-0.39, 0.29) is 25.4 Å². The molecule has 1 N–H and O–H groups in total. The molecule has 130 valence electrons. The fourth-order valence-corrected chi connectivity index (χ4v) is 3.37. The molecule has 26 heavy (non-hydrogen) atoms. The first-order chi connectivity index (χ1) is 12.8. The minimum Gasteiger partial charge on any atom is -0.493 e. The van der Waals surface area contributed by atoms with E-state index in [1.54, 1.807) is 6.20 Å². The van der Waals surface area contributed by atoms with Crippen molar-refractivity contribution in [2.75, 3.05) is 13.6 Å². The third-order valence-corrected chi connectivity index (χ3v) is 4.59. The van der Waals surface area contributed by atoms with Crippen LogP contribution in [0, 0.1) is 0 Å². The molecule has 0 fully saturated rings. The van der Waals surface area contributed by atoms with Crippen molar-refractivity contribution in [3.8, 4) is 28.9 Å². The minimum atomic E-state index is -0.243. The third kappa shape index (κ3) is 2.38. The van der Waals surface area contributed by atoms with Gasteiger partial charge in [-0.1, -0.05) is 18.2 Å². The minimum absolute atomic E-state index is 0.00664. The molecule has 0 saturated heterocycles. The van der Waals surface area contributed by atoms with Gasteiger partial charge in [-0.25, -0.2) is 4.98 Å². The van der Waals surface area contributed by atoms with E-state index in [1.165, 1.54) is 0 Å². The number of aromatic hydroxyl groups is 1. The highest BCUT2D eigenvalue weighted by Crippen LogP contribution is 2.43. The molecule has 0 amide bonds. The zero-order chi connectivity index (χ0) is 17.5. The van der Waals surface area contributed by atoms with E-state index >= 15 is 0 Å². The molecule has 6 nitrogen and oxygen atoms in total. The Bertz CT molecular complexity index is 930. The lowest BCUT2D eigenvalue weighted by Crippen LogP contribution is -2.04. The van der Waals surface area contributed by atoms with E-state index in [4.69, 9.17) is 18.9 Å². The molecule has 2 aromatic carbocycles. The highest BCUT2D eigenvalue weighted by molar-refractivity contribution is 5.55. The normalized spacial score (nSPS) is 14.0. The summed E-state index contributed by atoms with van der Waals surface area (Å²) in [6.07, 6.45) is 1.56. The molecule has 6 heteroatoms. The number of pyridine rings is 1. The Morgan fingerprint density at radius 1 is 0.769 bits per heavy atom. The molecule has 0 radical (unpaired) electrons. The van der Waals surface area contributed by atoms with Gasteiger partial charge in [0.25, 0.3) is 0 Å². The number of fused-ring (bicyclic) bond motifs is 2. The molecule has 0 aliphatic carbocycles. The van der Waals surface area contributed by atoms with Crippen molar-refractivity contribution in [3.05, 3.63) is 71.4 Å². The summed E-state index contributed by atoms with van der Waals surface area (Å²) in [5.41, 5.74) is 2.61. The smallest absolute Gasteiger partial charge is 0.231 e. The molecule has 0 atom stereocenters. The number of hydrogen-bond acceptors (Lipinski definition) is 6. The van der Waals surface area contributed by atoms with Crippen LogP contribution in [-0.4, -0.2) is 23.7 Å². The van der Waals surface area contributed by atoms with Gasteiger partial charge in [0.1, 0.15) is 0 Å². The van der Waals surface area contributed by atoms with Gasteiger partial charge in [-0.05, 0) is 41.5 Å². The van der Waals surface area contributed by atoms with Crippen LogP contribution in [-0.2, 0) is 0 Å². The van der Waals surface area contributed by atoms with Crippen molar-refractivity contribution >= 4 is 0 Å². The van der Waals surface area contributed by atoms with Crippen LogP contribution in [0.5, 0.6) is 28.9 Å². The fraction of sp³-hybridized carbons (Fsp3) is 0.150. The summed E-state index contributed by atoms with van der Waals surface area (Å²) >= 11 is 0. The summed E-state index contributed by atoms with van der Waals surface area (Å²) in [5, 5.41) is 10.4. The predicted octanol–water partition coefficient (Wildman–Crippen LogP) is 3.42. The maximum Gasteiger partial charge on any atom is 0.231 e. The molecule has 0 spiro atoms. The molecule has 1 aromatic heterocycles. The number of aromatic nitrogens is 1. The molecule has 3 heterocycles. The number of rotatable bonds is 3. The molecule has 0 saturated carbocycles. The second-order valence-corrected chi connectivity index (χ2v) is 6.07. The number of nitrogens with zero attached hydrogens (tertiary/aromatic N) is 1. The summed E-state index contributed by atoms with van der Waals surface area (Å²) in [6.45, 7) is 0.428. The summed E-state index contributed by atoms with van der Waals surface area (Å²) in [6, 6.07) is 15.2. The lowest BCUT2D eigenvalue weighted by atomic mass is 9.85. The standard InChI is InChI=1S/C20H15NO5/c22-20-14(2-1-7-21-20)19(12-3-5-15-17(8-12)25-10-23-15)13-4-6-16-18(9-13)26-11-24-16/h1-9,19H,10-11H2,(H,21,22). The molecule has 0 unspecified atom stereocenters. The van der Waals surface area contributed by atoms with Crippen LogP contribution in [0.1, 0.15) is 22.6 Å². The van der Waals surface area contributed by atoms with Crippen molar-refractivity contribution in [1.82, 2.24) is 4.98 Å². The lowest BCUT2D eigenvalue weighted by molar-refractivity contribution is 0.173. The number of ether oxygens (including phenoxy) is 4. The monoisotopic (exact) mass is 349 g/mol. The second kappa shape index (κ2) is 5.84. The van der Waals surface area contributed by atoms with Crippen molar-refractivity contribution in [3.63, 3.8) is 0 Å². The summed E-state index contributed by atoms with van der Waals surface area (Å²) in [5.74, 6) is 2.57. The highest BCUT2D eigenvalue weighted by Gasteiger charge is 2.25. The maximum atomic E-state index is 10.4. The van der Waals surface area contributed by atoms with E-state index < -0.39 is 0 Å². The molecular formula is C20H15NO5. The first-order valence-electron chi connectivity index (χ1n) is 8.22. The topological polar surface area (TPSA) is 70.0 Å². The first kappa shape index (κ1) is 14.9. The maximum absolute atomic E-state index is 10.4. The Balaban J connectivity index is 1.67. The van der Waals surface area contributed by atoms with E-state index in [0.717, 1.165) is 11.1 Å². The SMILES string of the molecule is Oc1ncccc1C(c1ccc2c(c1)OCO2)c1ccc2c(c1)OCO2. The Morgan fingerprint density at radius 2 is 1.35 bits per heavy atom. The van der Waals surface area contributed by atoms with Crippen molar-refractivity contribution in [1.29, 1.82) is 0 Å². The van der Waals surface area contributed by atoms with E-state index in [9.17, 15) is 5.11 Å². The summed E-state index contributed by atoms with van der Waals surface area (Å²) in [7, 11) is 0. The van der Waals surface area contributed by atoms with E-state index in [1.807, 2.05) is 48.5 Å². The van der Waals surface area contributed by atoms with Gasteiger partial charge in [-0.3, -0.25) is 0 Å². The fourth-order valence-electron chi connectivity index (χ4n) is 3.37. The molecule has 3 aromatic rings. The van der Waals surface area contributed by atoms with Gasteiger partial charge in [0.15, 0.2) is 23.0 Å². The van der Waals surface area contributed by atoms with Crippen LogP contribution >= 0.6 is 0 Å². The molecule has 2 aliphatic heterocycles. The quantitative estimate of drug-likeness (QED) is 0.781. The summed E-state index contributed by atoms with van der Waals surface area (Å²) < 4.78 is 21.9. The number of benzene rings is 2. The zero-order valence-corrected chi connectivity index (χ0v) is 13.7. The van der Waals surface area contributed by atoms with Gasteiger partial charge in [-0.15, -0.1) is 0 Å². The van der Waals surface area contributed by atoms with Crippen LogP contribution in [0.4, 0.5) is 0 Å². The first-order valence-corrected chi connectivity index (χ1v) is 8.22. The molecule has 2 aliphatic rings. The Hall–Kier alpha value is -3.41. The van der Waals surface area contributed by atoms with Gasteiger partial charge >= 0.3 is 0 Å². The van der Waals surface area contributed by atoms with Crippen molar-refractivity contribution in [2.24, 2.45) is 0 Å². The molecule has 0 bridgehead atoms. The van der Waals surface area contributed by atoms with Crippen LogP contribution in [0.3, 0.4) is 0 Å². The van der Waals surface area contributed by atoms with Gasteiger partial charge in [0.05, 0.1) is 0 Å². The van der Waals surface area contributed by atoms with Gasteiger partial charge in [0.2, 0.25) is 19.5 Å². The number of hydrogen-bond donors (Lipinski definition) is 1. The third-order valence-electron chi connectivity index (χ3n) is 4.59. The van der Waals surface area contributed by atoms with Gasteiger partial charge in [-0.2, -0.15) is 0 Å². The lowest BCUT2D eigenvalue weighted by Gasteiger charge is -2.20. The Kier molecular flexibility index (Phi) is 3.35. The van der Waals surface area contributed by atoms with Gasteiger partial charge in [0, 0.05) is 17.7 Å². The zero-order valence-electron chi connectivity index (χ0n) is 13.7. The van der Waals surface area contributed by atoms with Crippen molar-refractivity contribution in [2.45, 2.75) is 5.92 Å². The predicted molar refractivity (Wildman–Crippen MR) is 92.0 cm³/mol. The average molecular weight is 349 g/mol. The second-order valence-electron chi connectivity index (χ2n) is 6.07. The highest BCUT2D eigenvalue weighted by atomic mass is 16.7. The van der Waals surface area contributed by atoms with Gasteiger partial charge < -0.3 is 24.1 Å². The van der Waals surface area contributed by atoms with Crippen LogP contribution in [0.15, 0.2) is 54.7 Å². The van der Waals surface area contributed by atoms with Crippen LogP contribution in [0.25, 0.3) is 0 Å². The van der Waals surface area contributed by atoms with Crippen molar-refractivity contribution < 1.29 is 24.1 Å². The van der Waals surface area contributed by atoms with E-state index in [0.29, 0.717) is 28.6 Å². The van der Waals surface area contributed by atoms with Crippen LogP contribution in [0.2, 0.25) is 0 Å². The molecular weight excluding hydrogens is 334 g/mol.